The summed E-state index contributed by atoms with van der Waals surface area (Å²) in [6, 6.07) is 13.1. The number of rotatable bonds is 9. The fourth-order valence-electron chi connectivity index (χ4n) is 4.22. The molecule has 184 valence electrons. The molecular formula is C25H33N3O5S. The van der Waals surface area contributed by atoms with Crippen LogP contribution >= 0.6 is 0 Å². The number of hydrogen-bond acceptors (Lipinski definition) is 6. The number of anilines is 1. The Bertz CT molecular complexity index is 1070. The van der Waals surface area contributed by atoms with Gasteiger partial charge in [0.25, 0.3) is 10.0 Å². The predicted octanol–water partition coefficient (Wildman–Crippen LogP) is 2.89. The normalized spacial score (nSPS) is 16.7. The van der Waals surface area contributed by atoms with E-state index in [9.17, 15) is 13.2 Å². The predicted molar refractivity (Wildman–Crippen MR) is 131 cm³/mol. The molecule has 34 heavy (non-hydrogen) atoms. The number of nitrogens with zero attached hydrogens (tertiary/aromatic N) is 2. The van der Waals surface area contributed by atoms with E-state index in [2.05, 4.69) is 17.1 Å². The summed E-state index contributed by atoms with van der Waals surface area (Å²) in [5, 5.41) is 2.89. The van der Waals surface area contributed by atoms with Crippen LogP contribution in [0.2, 0.25) is 0 Å². The number of nitrogens with one attached hydrogen (secondary N) is 1. The highest BCUT2D eigenvalue weighted by molar-refractivity contribution is 7.92. The minimum absolute atomic E-state index is 0.122. The molecule has 2 aliphatic heterocycles. The summed E-state index contributed by atoms with van der Waals surface area (Å²) in [5.41, 5.74) is 0.352. The summed E-state index contributed by atoms with van der Waals surface area (Å²) in [7, 11) is -3.96. The van der Waals surface area contributed by atoms with Gasteiger partial charge in [0.05, 0.1) is 10.6 Å². The summed E-state index contributed by atoms with van der Waals surface area (Å²) < 4.78 is 39.2. The molecule has 0 spiro atoms. The van der Waals surface area contributed by atoms with Crippen LogP contribution in [0.25, 0.3) is 0 Å². The quantitative estimate of drug-likeness (QED) is 0.548. The molecule has 2 heterocycles. The number of amides is 1. The molecule has 1 N–H and O–H groups in total. The lowest BCUT2D eigenvalue weighted by Gasteiger charge is -2.30. The zero-order chi connectivity index (χ0) is 24.0. The van der Waals surface area contributed by atoms with Crippen molar-refractivity contribution in [3.63, 3.8) is 0 Å². The van der Waals surface area contributed by atoms with E-state index in [4.69, 9.17) is 9.47 Å². The second kappa shape index (κ2) is 11.1. The first-order valence-electron chi connectivity index (χ1n) is 11.9. The lowest BCUT2D eigenvalue weighted by Crippen LogP contribution is -2.42. The van der Waals surface area contributed by atoms with Gasteiger partial charge < -0.3 is 19.7 Å². The number of carbonyl (C=O) groups is 1. The van der Waals surface area contributed by atoms with Crippen molar-refractivity contribution in [1.29, 1.82) is 0 Å². The summed E-state index contributed by atoms with van der Waals surface area (Å²) in [6.45, 7) is 6.43. The van der Waals surface area contributed by atoms with Crippen molar-refractivity contribution in [2.24, 2.45) is 5.92 Å². The Kier molecular flexibility index (Phi) is 7.95. The van der Waals surface area contributed by atoms with Gasteiger partial charge in [-0.05, 0) is 69.1 Å². The van der Waals surface area contributed by atoms with Gasteiger partial charge in [-0.15, -0.1) is 0 Å². The van der Waals surface area contributed by atoms with Gasteiger partial charge in [-0.3, -0.25) is 9.10 Å². The van der Waals surface area contributed by atoms with E-state index in [-0.39, 0.29) is 17.3 Å². The van der Waals surface area contributed by atoms with Crippen LogP contribution < -0.4 is 19.1 Å². The number of ether oxygens (including phenoxy) is 2. The second-order valence-corrected chi connectivity index (χ2v) is 10.7. The van der Waals surface area contributed by atoms with Crippen LogP contribution in [0.4, 0.5) is 5.69 Å². The average Bonchev–Trinajstić information content (AvgIpc) is 2.86. The van der Waals surface area contributed by atoms with E-state index in [1.807, 2.05) is 0 Å². The summed E-state index contributed by atoms with van der Waals surface area (Å²) >= 11 is 0. The van der Waals surface area contributed by atoms with Crippen LogP contribution in [0.3, 0.4) is 0 Å². The van der Waals surface area contributed by atoms with Gasteiger partial charge in [0.15, 0.2) is 11.5 Å². The molecule has 1 amide bonds. The van der Waals surface area contributed by atoms with E-state index in [0.29, 0.717) is 36.9 Å². The van der Waals surface area contributed by atoms with Gasteiger partial charge in [-0.25, -0.2) is 8.42 Å². The number of sulfonamides is 1. The third-order valence-corrected chi connectivity index (χ3v) is 8.07. The minimum Gasteiger partial charge on any atom is -0.486 e. The Balaban J connectivity index is 1.43. The smallest absolute Gasteiger partial charge is 0.264 e. The Morgan fingerprint density at radius 2 is 1.76 bits per heavy atom. The van der Waals surface area contributed by atoms with Crippen molar-refractivity contribution in [2.75, 3.05) is 50.2 Å². The Morgan fingerprint density at radius 1 is 1.06 bits per heavy atom. The SMILES string of the molecule is CC1CCN(CCCNC(=O)CN(c2ccc3c(c2)OCCO3)S(=O)(=O)c2ccccc2)CC1. The van der Waals surface area contributed by atoms with Crippen molar-refractivity contribution in [3.05, 3.63) is 48.5 Å². The number of piperidine rings is 1. The first-order chi connectivity index (χ1) is 16.4. The standard InChI is InChI=1S/C25H33N3O5S/c1-20-10-14-27(15-11-20)13-5-12-26-25(29)19-28(34(30,31)22-6-3-2-4-7-22)21-8-9-23-24(18-21)33-17-16-32-23/h2-4,6-9,18,20H,5,10-17,19H2,1H3,(H,26,29). The molecule has 1 saturated heterocycles. The molecule has 0 radical (unpaired) electrons. The highest BCUT2D eigenvalue weighted by Gasteiger charge is 2.28. The van der Waals surface area contributed by atoms with Gasteiger partial charge in [-0.1, -0.05) is 25.1 Å². The maximum absolute atomic E-state index is 13.5. The second-order valence-electron chi connectivity index (χ2n) is 8.88. The third kappa shape index (κ3) is 6.01. The van der Waals surface area contributed by atoms with E-state index in [0.717, 1.165) is 36.3 Å². The largest absolute Gasteiger partial charge is 0.486 e. The molecule has 0 saturated carbocycles. The monoisotopic (exact) mass is 487 g/mol. The van der Waals surface area contributed by atoms with Crippen molar-refractivity contribution in [2.45, 2.75) is 31.1 Å². The molecule has 2 aromatic carbocycles. The van der Waals surface area contributed by atoms with Crippen LogP contribution in [0.15, 0.2) is 53.4 Å². The topological polar surface area (TPSA) is 88.2 Å². The lowest BCUT2D eigenvalue weighted by molar-refractivity contribution is -0.119. The van der Waals surface area contributed by atoms with Gasteiger partial charge >= 0.3 is 0 Å². The summed E-state index contributed by atoms with van der Waals surface area (Å²) in [5.74, 6) is 1.47. The van der Waals surface area contributed by atoms with Crippen LogP contribution in [0.5, 0.6) is 11.5 Å². The summed E-state index contributed by atoms with van der Waals surface area (Å²) in [6.07, 6.45) is 3.26. The van der Waals surface area contributed by atoms with Gasteiger partial charge in [-0.2, -0.15) is 0 Å². The molecule has 1 fully saturated rings. The highest BCUT2D eigenvalue weighted by Crippen LogP contribution is 2.35. The van der Waals surface area contributed by atoms with Crippen molar-refractivity contribution in [1.82, 2.24) is 10.2 Å². The van der Waals surface area contributed by atoms with E-state index < -0.39 is 10.0 Å². The molecule has 0 unspecified atom stereocenters. The maximum Gasteiger partial charge on any atom is 0.264 e. The molecule has 9 heteroatoms. The van der Waals surface area contributed by atoms with Crippen LogP contribution in [-0.2, 0) is 14.8 Å². The van der Waals surface area contributed by atoms with Crippen LogP contribution in [0.1, 0.15) is 26.2 Å². The molecule has 4 rings (SSSR count). The van der Waals surface area contributed by atoms with Crippen LogP contribution in [0, 0.1) is 5.92 Å². The zero-order valence-corrected chi connectivity index (χ0v) is 20.4. The molecule has 2 aromatic rings. The highest BCUT2D eigenvalue weighted by atomic mass is 32.2. The fourth-order valence-corrected chi connectivity index (χ4v) is 5.66. The Morgan fingerprint density at radius 3 is 2.50 bits per heavy atom. The Labute approximate surface area is 201 Å². The number of fused-ring (bicyclic) bond motifs is 1. The molecule has 0 aromatic heterocycles. The minimum atomic E-state index is -3.96. The number of carbonyl (C=O) groups excluding carboxylic acids is 1. The van der Waals surface area contributed by atoms with Crippen LogP contribution in [-0.4, -0.2) is 65.2 Å². The fraction of sp³-hybridized carbons (Fsp3) is 0.480. The molecular weight excluding hydrogens is 454 g/mol. The maximum atomic E-state index is 13.5. The Hall–Kier alpha value is -2.78. The van der Waals surface area contributed by atoms with Gasteiger partial charge in [0.1, 0.15) is 19.8 Å². The third-order valence-electron chi connectivity index (χ3n) is 6.28. The average molecular weight is 488 g/mol. The molecule has 0 aliphatic carbocycles. The summed E-state index contributed by atoms with van der Waals surface area (Å²) in [4.78, 5) is 15.3. The number of benzene rings is 2. The molecule has 0 atom stereocenters. The molecule has 2 aliphatic rings. The zero-order valence-electron chi connectivity index (χ0n) is 19.6. The lowest BCUT2D eigenvalue weighted by atomic mass is 9.99. The van der Waals surface area contributed by atoms with Crippen molar-refractivity contribution < 1.29 is 22.7 Å². The van der Waals surface area contributed by atoms with E-state index in [1.165, 1.54) is 25.0 Å². The van der Waals surface area contributed by atoms with Crippen molar-refractivity contribution >= 4 is 21.6 Å². The van der Waals surface area contributed by atoms with E-state index in [1.54, 1.807) is 36.4 Å². The van der Waals surface area contributed by atoms with Crippen molar-refractivity contribution in [3.8, 4) is 11.5 Å². The number of likely N-dealkylation sites (tertiary alicyclic amines) is 1. The molecule has 8 nitrogen and oxygen atoms in total. The molecule has 0 bridgehead atoms. The first-order valence-corrected chi connectivity index (χ1v) is 13.3. The van der Waals surface area contributed by atoms with Gasteiger partial charge in [0, 0.05) is 12.6 Å². The first kappa shape index (κ1) is 24.3. The number of hydrogen-bond donors (Lipinski definition) is 1. The van der Waals surface area contributed by atoms with Gasteiger partial charge in [0.2, 0.25) is 5.91 Å². The van der Waals surface area contributed by atoms with E-state index >= 15 is 0 Å².